The summed E-state index contributed by atoms with van der Waals surface area (Å²) in [5, 5.41) is 14.2. The average Bonchev–Trinajstić information content (AvgIpc) is 2.44. The SMILES string of the molecule is O=C(NN=Cc1cc(Cl)cc(I)c1O)c1cccnc1Cl. The molecule has 0 fully saturated rings. The second-order valence-electron chi connectivity index (χ2n) is 3.87. The number of benzene rings is 1. The summed E-state index contributed by atoms with van der Waals surface area (Å²) in [4.78, 5) is 15.6. The second kappa shape index (κ2) is 7.06. The van der Waals surface area contributed by atoms with Crippen LogP contribution in [-0.2, 0) is 0 Å². The highest BCUT2D eigenvalue weighted by Crippen LogP contribution is 2.27. The van der Waals surface area contributed by atoms with Gasteiger partial charge in [0, 0.05) is 16.8 Å². The molecule has 0 aliphatic heterocycles. The van der Waals surface area contributed by atoms with Gasteiger partial charge in [0.1, 0.15) is 10.9 Å². The van der Waals surface area contributed by atoms with Gasteiger partial charge in [-0.2, -0.15) is 5.10 Å². The van der Waals surface area contributed by atoms with Crippen LogP contribution in [0.5, 0.6) is 5.75 Å². The number of nitrogens with zero attached hydrogens (tertiary/aromatic N) is 2. The number of amides is 1. The van der Waals surface area contributed by atoms with E-state index in [-0.39, 0.29) is 16.5 Å². The van der Waals surface area contributed by atoms with Gasteiger partial charge < -0.3 is 5.11 Å². The Balaban J connectivity index is 2.13. The number of halogens is 3. The molecule has 1 aromatic carbocycles. The summed E-state index contributed by atoms with van der Waals surface area (Å²) in [7, 11) is 0. The Bertz CT molecular complexity index is 723. The normalized spacial score (nSPS) is 10.8. The summed E-state index contributed by atoms with van der Waals surface area (Å²) in [6.07, 6.45) is 2.78. The summed E-state index contributed by atoms with van der Waals surface area (Å²) >= 11 is 13.6. The van der Waals surface area contributed by atoms with Crippen LogP contribution in [-0.4, -0.2) is 22.2 Å². The zero-order chi connectivity index (χ0) is 15.4. The highest BCUT2D eigenvalue weighted by atomic mass is 127. The molecule has 0 aliphatic carbocycles. The Kier molecular flexibility index (Phi) is 5.38. The van der Waals surface area contributed by atoms with Gasteiger partial charge in [0.05, 0.1) is 15.3 Å². The number of aromatic hydroxyl groups is 1. The number of hydrogen-bond acceptors (Lipinski definition) is 4. The van der Waals surface area contributed by atoms with Gasteiger partial charge in [-0.05, 0) is 46.9 Å². The summed E-state index contributed by atoms with van der Waals surface area (Å²) in [5.41, 5.74) is 2.91. The number of phenols is 1. The van der Waals surface area contributed by atoms with Crippen molar-refractivity contribution >= 4 is 57.9 Å². The maximum atomic E-state index is 11.8. The van der Waals surface area contributed by atoms with Gasteiger partial charge in [0.2, 0.25) is 0 Å². The van der Waals surface area contributed by atoms with E-state index in [0.29, 0.717) is 14.2 Å². The van der Waals surface area contributed by atoms with Crippen molar-refractivity contribution in [3.63, 3.8) is 0 Å². The molecule has 1 aromatic heterocycles. The Hall–Kier alpha value is -1.38. The van der Waals surface area contributed by atoms with E-state index in [0.717, 1.165) is 0 Å². The van der Waals surface area contributed by atoms with Crippen molar-refractivity contribution in [3.05, 3.63) is 55.3 Å². The van der Waals surface area contributed by atoms with Crippen LogP contribution in [0.3, 0.4) is 0 Å². The average molecular weight is 436 g/mol. The van der Waals surface area contributed by atoms with E-state index in [1.807, 2.05) is 22.6 Å². The van der Waals surface area contributed by atoms with Crippen LogP contribution in [0.2, 0.25) is 10.2 Å². The molecule has 108 valence electrons. The van der Waals surface area contributed by atoms with Crippen molar-refractivity contribution in [2.75, 3.05) is 0 Å². The van der Waals surface area contributed by atoms with Gasteiger partial charge in [-0.1, -0.05) is 23.2 Å². The smallest absolute Gasteiger partial charge is 0.274 e. The molecular weight excluding hydrogens is 428 g/mol. The van der Waals surface area contributed by atoms with Crippen LogP contribution in [0.4, 0.5) is 0 Å². The van der Waals surface area contributed by atoms with Crippen molar-refractivity contribution in [1.82, 2.24) is 10.4 Å². The fourth-order valence-corrected chi connectivity index (χ4v) is 2.72. The molecule has 0 saturated carbocycles. The number of hydrazone groups is 1. The van der Waals surface area contributed by atoms with Gasteiger partial charge in [-0.25, -0.2) is 10.4 Å². The molecule has 2 aromatic rings. The number of nitrogens with one attached hydrogen (secondary N) is 1. The van der Waals surface area contributed by atoms with E-state index >= 15 is 0 Å². The number of hydrogen-bond donors (Lipinski definition) is 2. The standard InChI is InChI=1S/C13H8Cl2IN3O2/c14-8-4-7(11(20)10(16)5-8)6-18-19-13(21)9-2-1-3-17-12(9)15/h1-6,20H,(H,19,21). The fourth-order valence-electron chi connectivity index (χ4n) is 1.46. The van der Waals surface area contributed by atoms with Gasteiger partial charge in [0.25, 0.3) is 5.91 Å². The lowest BCUT2D eigenvalue weighted by Gasteiger charge is -2.03. The quantitative estimate of drug-likeness (QED) is 0.335. The van der Waals surface area contributed by atoms with Crippen LogP contribution >= 0.6 is 45.8 Å². The maximum Gasteiger partial charge on any atom is 0.274 e. The van der Waals surface area contributed by atoms with E-state index in [9.17, 15) is 9.90 Å². The first-order chi connectivity index (χ1) is 9.99. The minimum absolute atomic E-state index is 0.0393. The van der Waals surface area contributed by atoms with E-state index in [1.54, 1.807) is 12.1 Å². The van der Waals surface area contributed by atoms with E-state index in [4.69, 9.17) is 23.2 Å². The van der Waals surface area contributed by atoms with Crippen LogP contribution in [0.15, 0.2) is 35.6 Å². The minimum atomic E-state index is -0.499. The van der Waals surface area contributed by atoms with Crippen LogP contribution < -0.4 is 5.43 Å². The molecule has 1 amide bonds. The Morgan fingerprint density at radius 2 is 2.19 bits per heavy atom. The van der Waals surface area contributed by atoms with Crippen molar-refractivity contribution in [3.8, 4) is 5.75 Å². The molecule has 2 N–H and O–H groups in total. The first kappa shape index (κ1) is 16.0. The predicted molar refractivity (Wildman–Crippen MR) is 90.1 cm³/mol. The Morgan fingerprint density at radius 3 is 2.90 bits per heavy atom. The first-order valence-corrected chi connectivity index (χ1v) is 7.44. The number of pyridine rings is 1. The summed E-state index contributed by atoms with van der Waals surface area (Å²) in [6, 6.07) is 6.27. The lowest BCUT2D eigenvalue weighted by molar-refractivity contribution is 0.0955. The minimum Gasteiger partial charge on any atom is -0.506 e. The summed E-state index contributed by atoms with van der Waals surface area (Å²) in [5.74, 6) is -0.460. The molecule has 0 radical (unpaired) electrons. The van der Waals surface area contributed by atoms with Crippen molar-refractivity contribution in [2.45, 2.75) is 0 Å². The van der Waals surface area contributed by atoms with E-state index < -0.39 is 5.91 Å². The maximum absolute atomic E-state index is 11.8. The molecule has 0 bridgehead atoms. The molecular formula is C13H8Cl2IN3O2. The largest absolute Gasteiger partial charge is 0.506 e. The van der Waals surface area contributed by atoms with E-state index in [2.05, 4.69) is 15.5 Å². The molecule has 0 spiro atoms. The molecule has 0 atom stereocenters. The van der Waals surface area contributed by atoms with Crippen LogP contribution in [0, 0.1) is 3.57 Å². The van der Waals surface area contributed by atoms with Gasteiger partial charge in [-0.15, -0.1) is 0 Å². The zero-order valence-corrected chi connectivity index (χ0v) is 14.0. The molecule has 0 saturated heterocycles. The number of carbonyl (C=O) groups excluding carboxylic acids is 1. The third-order valence-corrected chi connectivity index (χ3v) is 3.77. The first-order valence-electron chi connectivity index (χ1n) is 5.61. The highest BCUT2D eigenvalue weighted by molar-refractivity contribution is 14.1. The topological polar surface area (TPSA) is 74.6 Å². The van der Waals surface area contributed by atoms with Gasteiger partial charge in [0.15, 0.2) is 0 Å². The monoisotopic (exact) mass is 435 g/mol. The van der Waals surface area contributed by atoms with Crippen LogP contribution in [0.25, 0.3) is 0 Å². The van der Waals surface area contributed by atoms with Crippen molar-refractivity contribution < 1.29 is 9.90 Å². The predicted octanol–water partition coefficient (Wildman–Crippen LogP) is 3.46. The Labute approximate surface area is 144 Å². The third-order valence-electron chi connectivity index (χ3n) is 2.43. The zero-order valence-electron chi connectivity index (χ0n) is 10.3. The molecule has 1 heterocycles. The van der Waals surface area contributed by atoms with Gasteiger partial charge in [-0.3, -0.25) is 4.79 Å². The number of carbonyl (C=O) groups is 1. The number of aromatic nitrogens is 1. The molecule has 0 unspecified atom stereocenters. The molecule has 5 nitrogen and oxygen atoms in total. The Morgan fingerprint density at radius 1 is 1.43 bits per heavy atom. The lowest BCUT2D eigenvalue weighted by atomic mass is 10.2. The fraction of sp³-hybridized carbons (Fsp3) is 0. The molecule has 2 rings (SSSR count). The van der Waals surface area contributed by atoms with Gasteiger partial charge >= 0.3 is 0 Å². The summed E-state index contributed by atoms with van der Waals surface area (Å²) in [6.45, 7) is 0. The third kappa shape index (κ3) is 4.05. The summed E-state index contributed by atoms with van der Waals surface area (Å²) < 4.78 is 0.586. The molecule has 0 aliphatic rings. The van der Waals surface area contributed by atoms with Crippen molar-refractivity contribution in [1.29, 1.82) is 0 Å². The molecule has 8 heteroatoms. The van der Waals surface area contributed by atoms with Crippen molar-refractivity contribution in [2.24, 2.45) is 5.10 Å². The van der Waals surface area contributed by atoms with E-state index in [1.165, 1.54) is 24.5 Å². The van der Waals surface area contributed by atoms with Crippen LogP contribution in [0.1, 0.15) is 15.9 Å². The number of rotatable bonds is 3. The highest BCUT2D eigenvalue weighted by Gasteiger charge is 2.10. The number of phenolic OH excluding ortho intramolecular Hbond substituents is 1. The second-order valence-corrected chi connectivity index (χ2v) is 5.82. The lowest BCUT2D eigenvalue weighted by Crippen LogP contribution is -2.18. The molecule has 21 heavy (non-hydrogen) atoms.